The first-order valence-corrected chi connectivity index (χ1v) is 7.52. The minimum Gasteiger partial charge on any atom is -0.366 e. The lowest BCUT2D eigenvalue weighted by Crippen LogP contribution is -2.48. The number of hydrogen-bond donors (Lipinski definition) is 2. The Balaban J connectivity index is 0.00000192. The lowest BCUT2D eigenvalue weighted by atomic mass is 10.2. The Labute approximate surface area is 141 Å². The second-order valence-electron chi connectivity index (χ2n) is 5.23. The zero-order valence-corrected chi connectivity index (χ0v) is 13.6. The van der Waals surface area contributed by atoms with Gasteiger partial charge in [-0.25, -0.2) is 4.68 Å². The van der Waals surface area contributed by atoms with Gasteiger partial charge < -0.3 is 15.4 Å². The van der Waals surface area contributed by atoms with Gasteiger partial charge in [-0.2, -0.15) is 5.10 Å². The van der Waals surface area contributed by atoms with Crippen LogP contribution in [0.1, 0.15) is 5.56 Å². The van der Waals surface area contributed by atoms with Crippen LogP contribution in [-0.4, -0.2) is 48.0 Å². The Morgan fingerprint density at radius 3 is 2.96 bits per heavy atom. The van der Waals surface area contributed by atoms with E-state index in [-0.39, 0.29) is 24.4 Å². The Morgan fingerprint density at radius 1 is 1.39 bits per heavy atom. The number of amides is 1. The summed E-state index contributed by atoms with van der Waals surface area (Å²) in [6, 6.07) is 9.95. The zero-order chi connectivity index (χ0) is 15.2. The van der Waals surface area contributed by atoms with Gasteiger partial charge in [0.05, 0.1) is 18.5 Å². The maximum absolute atomic E-state index is 11.9. The van der Waals surface area contributed by atoms with Gasteiger partial charge in [-0.3, -0.25) is 4.79 Å². The molecule has 1 aromatic carbocycles. The number of nitrogens with one attached hydrogen (secondary N) is 2. The molecule has 6 nitrogen and oxygen atoms in total. The molecule has 1 amide bonds. The molecule has 0 radical (unpaired) electrons. The molecule has 1 aliphatic rings. The van der Waals surface area contributed by atoms with Gasteiger partial charge in [0, 0.05) is 25.8 Å². The van der Waals surface area contributed by atoms with Gasteiger partial charge in [0.1, 0.15) is 6.10 Å². The number of morpholine rings is 1. The molecule has 1 aromatic heterocycles. The van der Waals surface area contributed by atoms with Gasteiger partial charge in [-0.1, -0.05) is 18.2 Å². The quantitative estimate of drug-likeness (QED) is 0.852. The van der Waals surface area contributed by atoms with E-state index in [0.717, 1.165) is 24.2 Å². The largest absolute Gasteiger partial charge is 0.366 e. The van der Waals surface area contributed by atoms with E-state index in [4.69, 9.17) is 4.74 Å². The number of rotatable bonds is 5. The van der Waals surface area contributed by atoms with Crippen LogP contribution in [0.4, 0.5) is 0 Å². The van der Waals surface area contributed by atoms with Crippen LogP contribution in [0.5, 0.6) is 0 Å². The van der Waals surface area contributed by atoms with E-state index in [1.807, 2.05) is 47.4 Å². The number of halogens is 1. The second kappa shape index (κ2) is 8.67. The number of carbonyl (C=O) groups excluding carboxylic acids is 1. The fraction of sp³-hybridized carbons (Fsp3) is 0.375. The smallest absolute Gasteiger partial charge is 0.250 e. The van der Waals surface area contributed by atoms with Crippen LogP contribution in [0.3, 0.4) is 0 Å². The summed E-state index contributed by atoms with van der Waals surface area (Å²) in [5, 5.41) is 10.4. The van der Waals surface area contributed by atoms with E-state index in [1.54, 1.807) is 0 Å². The van der Waals surface area contributed by atoms with Crippen molar-refractivity contribution in [1.29, 1.82) is 0 Å². The van der Waals surface area contributed by atoms with Crippen LogP contribution in [0.25, 0.3) is 5.69 Å². The number of ether oxygens (including phenoxy) is 1. The topological polar surface area (TPSA) is 68.2 Å². The van der Waals surface area contributed by atoms with Gasteiger partial charge in [-0.15, -0.1) is 12.4 Å². The molecule has 2 heterocycles. The molecule has 124 valence electrons. The molecule has 1 fully saturated rings. The van der Waals surface area contributed by atoms with Gasteiger partial charge in [0.15, 0.2) is 0 Å². The molecule has 0 bridgehead atoms. The van der Waals surface area contributed by atoms with Crippen molar-refractivity contribution in [3.8, 4) is 5.69 Å². The Bertz CT molecular complexity index is 612. The monoisotopic (exact) mass is 336 g/mol. The maximum atomic E-state index is 11.9. The number of nitrogens with zero attached hydrogens (tertiary/aromatic N) is 2. The zero-order valence-electron chi connectivity index (χ0n) is 12.8. The fourth-order valence-electron chi connectivity index (χ4n) is 2.39. The summed E-state index contributed by atoms with van der Waals surface area (Å²) in [7, 11) is 0. The molecule has 1 saturated heterocycles. The molecule has 23 heavy (non-hydrogen) atoms. The number of carbonyl (C=O) groups is 1. The summed E-state index contributed by atoms with van der Waals surface area (Å²) in [5.41, 5.74) is 2.12. The third-order valence-corrected chi connectivity index (χ3v) is 3.59. The summed E-state index contributed by atoms with van der Waals surface area (Å²) in [4.78, 5) is 11.9. The van der Waals surface area contributed by atoms with Gasteiger partial charge >= 0.3 is 0 Å². The van der Waals surface area contributed by atoms with Crippen LogP contribution >= 0.6 is 12.4 Å². The average Bonchev–Trinajstić information content (AvgIpc) is 3.05. The molecule has 7 heteroatoms. The average molecular weight is 337 g/mol. The van der Waals surface area contributed by atoms with Gasteiger partial charge in [-0.05, 0) is 24.1 Å². The molecule has 3 rings (SSSR count). The highest BCUT2D eigenvalue weighted by molar-refractivity contribution is 5.85. The highest BCUT2D eigenvalue weighted by atomic mass is 35.5. The van der Waals surface area contributed by atoms with Crippen molar-refractivity contribution in [3.05, 3.63) is 48.3 Å². The number of hydrogen-bond acceptors (Lipinski definition) is 4. The predicted octanol–water partition coefficient (Wildman–Crippen LogP) is 0.941. The van der Waals surface area contributed by atoms with E-state index < -0.39 is 0 Å². The van der Waals surface area contributed by atoms with Crippen LogP contribution in [0.2, 0.25) is 0 Å². The van der Waals surface area contributed by atoms with E-state index >= 15 is 0 Å². The van der Waals surface area contributed by atoms with Crippen LogP contribution in [0, 0.1) is 0 Å². The molecule has 0 aliphatic carbocycles. The van der Waals surface area contributed by atoms with Gasteiger partial charge in [0.25, 0.3) is 0 Å². The standard InChI is InChI=1S/C16H20N4O2.ClH/c21-16(15-11-17-8-9-22-15)18-7-6-13-10-19-20(12-13)14-4-2-1-3-5-14;/h1-5,10,12,15,17H,6-9,11H2,(H,18,21);1H. The number of benzene rings is 1. The van der Waals surface area contributed by atoms with Crippen molar-refractivity contribution in [2.75, 3.05) is 26.2 Å². The molecule has 0 spiro atoms. The van der Waals surface area contributed by atoms with Crippen molar-refractivity contribution in [2.45, 2.75) is 12.5 Å². The van der Waals surface area contributed by atoms with Crippen molar-refractivity contribution in [1.82, 2.24) is 20.4 Å². The molecule has 1 aliphatic heterocycles. The second-order valence-corrected chi connectivity index (χ2v) is 5.23. The first kappa shape index (κ1) is 17.5. The lowest BCUT2D eigenvalue weighted by Gasteiger charge is -2.22. The summed E-state index contributed by atoms with van der Waals surface area (Å²) >= 11 is 0. The van der Waals surface area contributed by atoms with Crippen LogP contribution < -0.4 is 10.6 Å². The molecule has 2 aromatic rings. The summed E-state index contributed by atoms with van der Waals surface area (Å²) in [5.74, 6) is -0.0531. The molecular formula is C16H21ClN4O2. The van der Waals surface area contributed by atoms with Crippen molar-refractivity contribution >= 4 is 18.3 Å². The highest BCUT2D eigenvalue weighted by Crippen LogP contribution is 2.07. The van der Waals surface area contributed by atoms with Crippen molar-refractivity contribution in [3.63, 3.8) is 0 Å². The Kier molecular flexibility index (Phi) is 6.58. The van der Waals surface area contributed by atoms with E-state index in [2.05, 4.69) is 15.7 Å². The van der Waals surface area contributed by atoms with E-state index in [1.165, 1.54) is 0 Å². The lowest BCUT2D eigenvalue weighted by molar-refractivity contribution is -0.134. The van der Waals surface area contributed by atoms with E-state index in [9.17, 15) is 4.79 Å². The first-order valence-electron chi connectivity index (χ1n) is 7.52. The van der Waals surface area contributed by atoms with Gasteiger partial charge in [0.2, 0.25) is 5.91 Å². The van der Waals surface area contributed by atoms with Crippen LogP contribution in [-0.2, 0) is 16.0 Å². The predicted molar refractivity (Wildman–Crippen MR) is 90.1 cm³/mol. The fourth-order valence-corrected chi connectivity index (χ4v) is 2.39. The number of para-hydroxylation sites is 1. The molecular weight excluding hydrogens is 316 g/mol. The van der Waals surface area contributed by atoms with Crippen molar-refractivity contribution in [2.24, 2.45) is 0 Å². The van der Waals surface area contributed by atoms with E-state index in [0.29, 0.717) is 19.7 Å². The molecule has 2 N–H and O–H groups in total. The summed E-state index contributed by atoms with van der Waals surface area (Å²) in [6.07, 6.45) is 4.19. The molecule has 1 unspecified atom stereocenters. The SMILES string of the molecule is Cl.O=C(NCCc1cnn(-c2ccccc2)c1)C1CNCCO1. The minimum absolute atomic E-state index is 0. The molecule has 1 atom stereocenters. The highest BCUT2D eigenvalue weighted by Gasteiger charge is 2.20. The third-order valence-electron chi connectivity index (χ3n) is 3.59. The summed E-state index contributed by atoms with van der Waals surface area (Å²) in [6.45, 7) is 2.56. The summed E-state index contributed by atoms with van der Waals surface area (Å²) < 4.78 is 7.25. The first-order chi connectivity index (χ1) is 10.8. The molecule has 0 saturated carbocycles. The Hall–Kier alpha value is -1.89. The minimum atomic E-state index is -0.374. The third kappa shape index (κ3) is 4.79. The number of aromatic nitrogens is 2. The Morgan fingerprint density at radius 2 is 2.22 bits per heavy atom. The maximum Gasteiger partial charge on any atom is 0.250 e. The normalized spacial score (nSPS) is 17.3. The van der Waals surface area contributed by atoms with Crippen molar-refractivity contribution < 1.29 is 9.53 Å². The van der Waals surface area contributed by atoms with Crippen LogP contribution in [0.15, 0.2) is 42.7 Å².